The first-order valence-electron chi connectivity index (χ1n) is 5.50. The molecule has 1 atom stereocenters. The summed E-state index contributed by atoms with van der Waals surface area (Å²) in [7, 11) is 0. The molecule has 0 bridgehead atoms. The first-order valence-corrected chi connectivity index (χ1v) is 5.50. The molecule has 0 saturated heterocycles. The van der Waals surface area contributed by atoms with Crippen LogP contribution in [0.3, 0.4) is 0 Å². The molecule has 4 nitrogen and oxygen atoms in total. The second-order valence-corrected chi connectivity index (χ2v) is 5.25. The maximum absolute atomic E-state index is 5.88. The Bertz CT molecular complexity index is 505. The Morgan fingerprint density at radius 2 is 1.94 bits per heavy atom. The molecule has 0 aromatic carbocycles. The summed E-state index contributed by atoms with van der Waals surface area (Å²) in [6.45, 7) is 8.36. The van der Waals surface area contributed by atoms with Crippen LogP contribution in [0.25, 0.3) is 5.65 Å². The van der Waals surface area contributed by atoms with Crippen LogP contribution in [0.15, 0.2) is 18.3 Å². The molecule has 0 fully saturated rings. The van der Waals surface area contributed by atoms with Crippen LogP contribution in [0.4, 0.5) is 0 Å². The quantitative estimate of drug-likeness (QED) is 0.797. The molecule has 0 aliphatic heterocycles. The van der Waals surface area contributed by atoms with E-state index < -0.39 is 0 Å². The highest BCUT2D eigenvalue weighted by Crippen LogP contribution is 2.22. The van der Waals surface area contributed by atoms with Gasteiger partial charge in [0.05, 0.1) is 0 Å². The van der Waals surface area contributed by atoms with Crippen molar-refractivity contribution in [2.24, 2.45) is 5.73 Å². The van der Waals surface area contributed by atoms with Gasteiger partial charge in [0.15, 0.2) is 5.65 Å². The molecule has 0 radical (unpaired) electrons. The fraction of sp³-hybridized carbons (Fsp3) is 0.500. The summed E-state index contributed by atoms with van der Waals surface area (Å²) in [5.74, 6) is 0.963. The Hall–Kier alpha value is -1.42. The summed E-state index contributed by atoms with van der Waals surface area (Å²) < 4.78 is 2.03. The average Bonchev–Trinajstić information content (AvgIpc) is 2.58. The zero-order chi connectivity index (χ0) is 11.9. The third-order valence-electron chi connectivity index (χ3n) is 2.62. The highest BCUT2D eigenvalue weighted by atomic mass is 15.2. The predicted molar refractivity (Wildman–Crippen MR) is 64.3 cm³/mol. The van der Waals surface area contributed by atoms with E-state index in [0.717, 1.165) is 17.0 Å². The van der Waals surface area contributed by atoms with E-state index in [-0.39, 0.29) is 11.5 Å². The first-order chi connectivity index (χ1) is 7.39. The number of hydrogen-bond donors (Lipinski definition) is 1. The fourth-order valence-electron chi connectivity index (χ4n) is 1.69. The molecule has 4 heteroatoms. The molecule has 86 valence electrons. The molecule has 0 amide bonds. The van der Waals surface area contributed by atoms with Crippen molar-refractivity contribution in [1.82, 2.24) is 14.6 Å². The van der Waals surface area contributed by atoms with E-state index in [9.17, 15) is 0 Å². The molecular formula is C12H18N4. The number of nitrogens with zero attached hydrogens (tertiary/aromatic N) is 3. The molecule has 2 N–H and O–H groups in total. The van der Waals surface area contributed by atoms with Crippen LogP contribution >= 0.6 is 0 Å². The van der Waals surface area contributed by atoms with Gasteiger partial charge in [0.25, 0.3) is 0 Å². The molecule has 1 unspecified atom stereocenters. The highest BCUT2D eigenvalue weighted by Gasteiger charge is 2.20. The van der Waals surface area contributed by atoms with Crippen molar-refractivity contribution in [1.29, 1.82) is 0 Å². The molecule has 2 aromatic rings. The lowest BCUT2D eigenvalue weighted by molar-refractivity contribution is 0.538. The number of aromatic nitrogens is 3. The highest BCUT2D eigenvalue weighted by molar-refractivity contribution is 5.41. The smallest absolute Gasteiger partial charge is 0.160 e. The Labute approximate surface area is 95.5 Å². The van der Waals surface area contributed by atoms with Crippen LogP contribution in [-0.2, 0) is 5.41 Å². The maximum Gasteiger partial charge on any atom is 0.160 e. The number of nitrogens with two attached hydrogens (primary N) is 1. The van der Waals surface area contributed by atoms with Crippen molar-refractivity contribution >= 4 is 5.65 Å². The lowest BCUT2D eigenvalue weighted by Crippen LogP contribution is -2.16. The van der Waals surface area contributed by atoms with E-state index in [0.29, 0.717) is 0 Å². The monoisotopic (exact) mass is 218 g/mol. The molecule has 2 rings (SSSR count). The molecule has 2 aromatic heterocycles. The summed E-state index contributed by atoms with van der Waals surface area (Å²) in [4.78, 5) is 0. The maximum atomic E-state index is 5.88. The van der Waals surface area contributed by atoms with E-state index >= 15 is 0 Å². The lowest BCUT2D eigenvalue weighted by Gasteiger charge is -2.16. The molecule has 0 spiro atoms. The topological polar surface area (TPSA) is 56.2 Å². The number of pyridine rings is 1. The second-order valence-electron chi connectivity index (χ2n) is 5.25. The summed E-state index contributed by atoms with van der Waals surface area (Å²) in [5, 5.41) is 8.40. The SMILES string of the molecule is CC(N)c1ccc2nnc(C(C)(C)C)n2c1. The number of fused-ring (bicyclic) bond motifs is 1. The van der Waals surface area contributed by atoms with Gasteiger partial charge >= 0.3 is 0 Å². The standard InChI is InChI=1S/C12H18N4/c1-8(13)9-5-6-10-14-15-11(12(2,3)4)16(10)7-9/h5-8H,13H2,1-4H3. The van der Waals surface area contributed by atoms with Crippen molar-refractivity contribution in [3.8, 4) is 0 Å². The second kappa shape index (κ2) is 3.56. The van der Waals surface area contributed by atoms with Gasteiger partial charge < -0.3 is 5.73 Å². The molecule has 2 heterocycles. The third-order valence-corrected chi connectivity index (χ3v) is 2.62. The van der Waals surface area contributed by atoms with Crippen molar-refractivity contribution in [3.63, 3.8) is 0 Å². The van der Waals surface area contributed by atoms with Crippen LogP contribution in [0.2, 0.25) is 0 Å². The van der Waals surface area contributed by atoms with Crippen molar-refractivity contribution in [2.75, 3.05) is 0 Å². The van der Waals surface area contributed by atoms with E-state index in [4.69, 9.17) is 5.73 Å². The zero-order valence-electron chi connectivity index (χ0n) is 10.2. The van der Waals surface area contributed by atoms with Gasteiger partial charge in [0.1, 0.15) is 5.82 Å². The minimum Gasteiger partial charge on any atom is -0.324 e. The van der Waals surface area contributed by atoms with Gasteiger partial charge in [-0.3, -0.25) is 4.40 Å². The first kappa shape index (κ1) is 11.1. The Morgan fingerprint density at radius 3 is 2.50 bits per heavy atom. The van der Waals surface area contributed by atoms with Gasteiger partial charge in [-0.25, -0.2) is 0 Å². The largest absolute Gasteiger partial charge is 0.324 e. The summed E-state index contributed by atoms with van der Waals surface area (Å²) in [6, 6.07) is 3.99. The van der Waals surface area contributed by atoms with Gasteiger partial charge in [-0.05, 0) is 18.6 Å². The van der Waals surface area contributed by atoms with Gasteiger partial charge in [0.2, 0.25) is 0 Å². The Morgan fingerprint density at radius 1 is 1.25 bits per heavy atom. The van der Waals surface area contributed by atoms with Crippen molar-refractivity contribution in [2.45, 2.75) is 39.2 Å². The van der Waals surface area contributed by atoms with Crippen LogP contribution in [-0.4, -0.2) is 14.6 Å². The summed E-state index contributed by atoms with van der Waals surface area (Å²) in [6.07, 6.45) is 2.03. The third kappa shape index (κ3) is 1.80. The van der Waals surface area contributed by atoms with Gasteiger partial charge in [-0.1, -0.05) is 26.8 Å². The van der Waals surface area contributed by atoms with Crippen LogP contribution < -0.4 is 5.73 Å². The van der Waals surface area contributed by atoms with E-state index in [1.54, 1.807) is 0 Å². The summed E-state index contributed by atoms with van der Waals surface area (Å²) in [5.41, 5.74) is 7.83. The van der Waals surface area contributed by atoms with Crippen LogP contribution in [0.1, 0.15) is 45.1 Å². The van der Waals surface area contributed by atoms with Gasteiger partial charge in [-0.2, -0.15) is 0 Å². The summed E-state index contributed by atoms with van der Waals surface area (Å²) >= 11 is 0. The number of hydrogen-bond acceptors (Lipinski definition) is 3. The van der Waals surface area contributed by atoms with Gasteiger partial charge in [-0.15, -0.1) is 10.2 Å². The van der Waals surface area contributed by atoms with E-state index in [1.165, 1.54) is 0 Å². The molecule has 16 heavy (non-hydrogen) atoms. The number of rotatable bonds is 1. The van der Waals surface area contributed by atoms with E-state index in [2.05, 4.69) is 31.0 Å². The van der Waals surface area contributed by atoms with Crippen LogP contribution in [0, 0.1) is 0 Å². The lowest BCUT2D eigenvalue weighted by atomic mass is 9.96. The van der Waals surface area contributed by atoms with Crippen LogP contribution in [0.5, 0.6) is 0 Å². The fourth-order valence-corrected chi connectivity index (χ4v) is 1.69. The minimum absolute atomic E-state index is 0.0180. The normalized spacial score (nSPS) is 14.3. The molecule has 0 saturated carbocycles. The van der Waals surface area contributed by atoms with Crippen molar-refractivity contribution in [3.05, 3.63) is 29.7 Å². The average molecular weight is 218 g/mol. The van der Waals surface area contributed by atoms with Gasteiger partial charge in [0, 0.05) is 17.7 Å². The molecule has 0 aliphatic rings. The van der Waals surface area contributed by atoms with Crippen molar-refractivity contribution < 1.29 is 0 Å². The Kier molecular flexibility index (Phi) is 2.46. The zero-order valence-corrected chi connectivity index (χ0v) is 10.2. The predicted octanol–water partition coefficient (Wildman–Crippen LogP) is 2.05. The van der Waals surface area contributed by atoms with E-state index in [1.807, 2.05) is 29.7 Å². The molecule has 0 aliphatic carbocycles. The molecular weight excluding hydrogens is 200 g/mol. The Balaban J connectivity index is 2.65. The minimum atomic E-state index is -0.0180.